The Kier molecular flexibility index (Phi) is 2.11. The van der Waals surface area contributed by atoms with Gasteiger partial charge in [-0.2, -0.15) is 0 Å². The Bertz CT molecular complexity index is 591. The van der Waals surface area contributed by atoms with Crippen molar-refractivity contribution in [2.75, 3.05) is 0 Å². The Morgan fingerprint density at radius 3 is 2.88 bits per heavy atom. The fourth-order valence-corrected chi connectivity index (χ4v) is 2.80. The van der Waals surface area contributed by atoms with E-state index in [1.807, 2.05) is 13.1 Å². The van der Waals surface area contributed by atoms with Crippen LogP contribution in [0.4, 0.5) is 0 Å². The van der Waals surface area contributed by atoms with Gasteiger partial charge in [0.25, 0.3) is 0 Å². The molecule has 80 valence electrons. The smallest absolute Gasteiger partial charge is 0.125 e. The first-order valence-electron chi connectivity index (χ1n) is 5.27. The molecule has 0 fully saturated rings. The van der Waals surface area contributed by atoms with Gasteiger partial charge in [0.2, 0.25) is 0 Å². The molecule has 1 aliphatic rings. The number of hydrogen-bond donors (Lipinski definition) is 0. The minimum absolute atomic E-state index is 0.833. The number of hydrogen-bond acceptors (Lipinski definition) is 2. The average Bonchev–Trinajstić information content (AvgIpc) is 2.63. The maximum absolute atomic E-state index is 4.56. The number of aryl methyl sites for hydroxylation is 2. The lowest BCUT2D eigenvalue weighted by molar-refractivity contribution is 1.03. The standard InChI is InChI=1S/C13H11BrN2/c1-7-3-4-11(14)12-10(7)5-9-6-15-8(2)16-13(9)12/h3-4,6H,5H2,1-2H3. The van der Waals surface area contributed by atoms with E-state index in [1.165, 1.54) is 22.3 Å². The molecule has 0 spiro atoms. The molecule has 0 bridgehead atoms. The summed E-state index contributed by atoms with van der Waals surface area (Å²) in [6.45, 7) is 4.08. The number of nitrogens with zero attached hydrogens (tertiary/aromatic N) is 2. The topological polar surface area (TPSA) is 25.8 Å². The van der Waals surface area contributed by atoms with Gasteiger partial charge in [0.15, 0.2) is 0 Å². The Hall–Kier alpha value is -1.22. The molecule has 0 saturated heterocycles. The fraction of sp³-hybridized carbons (Fsp3) is 0.231. The van der Waals surface area contributed by atoms with E-state index in [0.717, 1.165) is 22.4 Å². The fourth-order valence-electron chi connectivity index (χ4n) is 2.24. The largest absolute Gasteiger partial charge is 0.241 e. The van der Waals surface area contributed by atoms with Crippen LogP contribution >= 0.6 is 15.9 Å². The molecule has 3 heteroatoms. The van der Waals surface area contributed by atoms with E-state index in [1.54, 1.807) is 0 Å². The lowest BCUT2D eigenvalue weighted by Gasteiger charge is -2.06. The molecular weight excluding hydrogens is 264 g/mol. The predicted molar refractivity (Wildman–Crippen MR) is 67.4 cm³/mol. The van der Waals surface area contributed by atoms with Crippen LogP contribution in [-0.4, -0.2) is 9.97 Å². The number of benzene rings is 1. The average molecular weight is 275 g/mol. The number of aromatic nitrogens is 2. The van der Waals surface area contributed by atoms with Crippen LogP contribution in [0.2, 0.25) is 0 Å². The van der Waals surface area contributed by atoms with Gasteiger partial charge in [-0.05, 0) is 31.0 Å². The van der Waals surface area contributed by atoms with Crippen LogP contribution in [0.15, 0.2) is 22.8 Å². The third-order valence-electron chi connectivity index (χ3n) is 3.09. The zero-order valence-electron chi connectivity index (χ0n) is 9.21. The van der Waals surface area contributed by atoms with Crippen molar-refractivity contribution >= 4 is 15.9 Å². The summed E-state index contributed by atoms with van der Waals surface area (Å²) in [6, 6.07) is 4.25. The van der Waals surface area contributed by atoms with Crippen molar-refractivity contribution in [3.63, 3.8) is 0 Å². The summed E-state index contributed by atoms with van der Waals surface area (Å²) in [5.41, 5.74) is 6.28. The summed E-state index contributed by atoms with van der Waals surface area (Å²) in [5.74, 6) is 0.833. The minimum atomic E-state index is 0.833. The maximum atomic E-state index is 4.56. The molecule has 16 heavy (non-hydrogen) atoms. The second-order valence-electron chi connectivity index (χ2n) is 4.19. The summed E-state index contributed by atoms with van der Waals surface area (Å²) >= 11 is 3.62. The first-order chi connectivity index (χ1) is 7.66. The van der Waals surface area contributed by atoms with Gasteiger partial charge in [0.05, 0.1) is 5.69 Å². The van der Waals surface area contributed by atoms with Gasteiger partial charge < -0.3 is 0 Å². The van der Waals surface area contributed by atoms with Gasteiger partial charge in [-0.25, -0.2) is 9.97 Å². The van der Waals surface area contributed by atoms with Crippen LogP contribution in [0.3, 0.4) is 0 Å². The van der Waals surface area contributed by atoms with Crippen LogP contribution < -0.4 is 0 Å². The summed E-state index contributed by atoms with van der Waals surface area (Å²) in [6.07, 6.45) is 2.90. The zero-order chi connectivity index (χ0) is 11.3. The van der Waals surface area contributed by atoms with Gasteiger partial charge in [-0.1, -0.05) is 22.0 Å². The normalized spacial score (nSPS) is 12.4. The van der Waals surface area contributed by atoms with E-state index in [0.29, 0.717) is 0 Å². The third-order valence-corrected chi connectivity index (χ3v) is 3.75. The molecule has 0 amide bonds. The Morgan fingerprint density at radius 1 is 1.25 bits per heavy atom. The molecule has 2 aromatic rings. The van der Waals surface area contributed by atoms with Gasteiger partial charge >= 0.3 is 0 Å². The lowest BCUT2D eigenvalue weighted by atomic mass is 10.0. The molecular formula is C13H11BrN2. The van der Waals surface area contributed by atoms with Crippen molar-refractivity contribution in [1.82, 2.24) is 9.97 Å². The molecule has 2 nitrogen and oxygen atoms in total. The quantitative estimate of drug-likeness (QED) is 0.628. The summed E-state index contributed by atoms with van der Waals surface area (Å²) in [7, 11) is 0. The molecule has 0 N–H and O–H groups in total. The Morgan fingerprint density at radius 2 is 2.06 bits per heavy atom. The Balaban J connectivity index is 2.35. The van der Waals surface area contributed by atoms with E-state index < -0.39 is 0 Å². The maximum Gasteiger partial charge on any atom is 0.125 e. The summed E-state index contributed by atoms with van der Waals surface area (Å²) < 4.78 is 1.13. The van der Waals surface area contributed by atoms with E-state index in [-0.39, 0.29) is 0 Å². The highest BCUT2D eigenvalue weighted by atomic mass is 79.9. The molecule has 1 aromatic heterocycles. The first kappa shape index (κ1) is 9.97. The van der Waals surface area contributed by atoms with Gasteiger partial charge in [-0.15, -0.1) is 0 Å². The number of fused-ring (bicyclic) bond motifs is 3. The molecule has 0 saturated carbocycles. The second kappa shape index (κ2) is 3.39. The van der Waals surface area contributed by atoms with Crippen molar-refractivity contribution in [1.29, 1.82) is 0 Å². The molecule has 0 atom stereocenters. The molecule has 1 aliphatic carbocycles. The van der Waals surface area contributed by atoms with E-state index in [4.69, 9.17) is 0 Å². The molecule has 0 unspecified atom stereocenters. The van der Waals surface area contributed by atoms with E-state index in [2.05, 4.69) is 45.0 Å². The molecule has 1 aromatic carbocycles. The highest BCUT2D eigenvalue weighted by Crippen LogP contribution is 2.41. The molecule has 0 radical (unpaired) electrons. The van der Waals surface area contributed by atoms with Crippen molar-refractivity contribution in [2.45, 2.75) is 20.3 Å². The van der Waals surface area contributed by atoms with Crippen LogP contribution in [0.1, 0.15) is 22.5 Å². The highest BCUT2D eigenvalue weighted by molar-refractivity contribution is 9.10. The SMILES string of the molecule is Cc1ncc2c(n1)-c1c(Br)ccc(C)c1C2. The zero-order valence-corrected chi connectivity index (χ0v) is 10.8. The van der Waals surface area contributed by atoms with Crippen LogP contribution in [0.25, 0.3) is 11.3 Å². The Labute approximate surface area is 103 Å². The van der Waals surface area contributed by atoms with Gasteiger partial charge in [0.1, 0.15) is 5.82 Å². The monoisotopic (exact) mass is 274 g/mol. The minimum Gasteiger partial charge on any atom is -0.241 e. The van der Waals surface area contributed by atoms with Crippen molar-refractivity contribution in [3.8, 4) is 11.3 Å². The van der Waals surface area contributed by atoms with Crippen molar-refractivity contribution < 1.29 is 0 Å². The van der Waals surface area contributed by atoms with Gasteiger partial charge in [0, 0.05) is 28.2 Å². The second-order valence-corrected chi connectivity index (χ2v) is 5.04. The van der Waals surface area contributed by atoms with Crippen LogP contribution in [0, 0.1) is 13.8 Å². The highest BCUT2D eigenvalue weighted by Gasteiger charge is 2.24. The third kappa shape index (κ3) is 1.31. The number of rotatable bonds is 0. The van der Waals surface area contributed by atoms with Crippen molar-refractivity contribution in [3.05, 3.63) is 45.3 Å². The molecule has 3 rings (SSSR count). The van der Waals surface area contributed by atoms with Crippen LogP contribution in [0.5, 0.6) is 0 Å². The lowest BCUT2D eigenvalue weighted by Crippen LogP contribution is -1.91. The summed E-state index contributed by atoms with van der Waals surface area (Å²) in [5, 5.41) is 0. The van der Waals surface area contributed by atoms with Crippen LogP contribution in [-0.2, 0) is 6.42 Å². The van der Waals surface area contributed by atoms with E-state index in [9.17, 15) is 0 Å². The molecule has 1 heterocycles. The first-order valence-corrected chi connectivity index (χ1v) is 6.07. The molecule has 0 aliphatic heterocycles. The van der Waals surface area contributed by atoms with E-state index >= 15 is 0 Å². The summed E-state index contributed by atoms with van der Waals surface area (Å²) in [4.78, 5) is 8.82. The predicted octanol–water partition coefficient (Wildman–Crippen LogP) is 3.43. The van der Waals surface area contributed by atoms with Gasteiger partial charge in [-0.3, -0.25) is 0 Å². The van der Waals surface area contributed by atoms with Crippen molar-refractivity contribution in [2.24, 2.45) is 0 Å². The number of halogens is 1.